The predicted molar refractivity (Wildman–Crippen MR) is 102 cm³/mol. The number of hydrogen-bond donors (Lipinski definition) is 2. The molecule has 0 bridgehead atoms. The van der Waals surface area contributed by atoms with Gasteiger partial charge in [0.2, 0.25) is 0 Å². The second-order valence-corrected chi connectivity index (χ2v) is 6.19. The maximum atomic E-state index is 6.08. The largest absolute Gasteiger partial charge is 0.495 e. The van der Waals surface area contributed by atoms with Crippen molar-refractivity contribution in [1.29, 1.82) is 0 Å². The summed E-state index contributed by atoms with van der Waals surface area (Å²) in [5.74, 6) is 1.00. The fourth-order valence-electron chi connectivity index (χ4n) is 2.58. The Labute approximate surface area is 153 Å². The molecule has 1 fully saturated rings. The Kier molecular flexibility index (Phi) is 6.76. The van der Waals surface area contributed by atoms with Crippen LogP contribution >= 0.6 is 35.6 Å². The molecule has 0 aromatic heterocycles. The van der Waals surface area contributed by atoms with Crippen LogP contribution in [0.15, 0.2) is 23.2 Å². The summed E-state index contributed by atoms with van der Waals surface area (Å²) in [6.07, 6.45) is 1.12. The number of guanidine groups is 1. The van der Waals surface area contributed by atoms with Crippen molar-refractivity contribution in [2.45, 2.75) is 32.4 Å². The Balaban J connectivity index is 0.00000242. The van der Waals surface area contributed by atoms with Crippen molar-refractivity contribution in [3.63, 3.8) is 0 Å². The summed E-state index contributed by atoms with van der Waals surface area (Å²) in [6.45, 7) is 4.27. The van der Waals surface area contributed by atoms with Crippen LogP contribution in [0.5, 0.6) is 5.75 Å². The highest BCUT2D eigenvalue weighted by Gasteiger charge is 2.48. The molecule has 5 nitrogen and oxygen atoms in total. The number of aliphatic imine (C=N–C) groups is 1. The van der Waals surface area contributed by atoms with Crippen molar-refractivity contribution in [3.8, 4) is 5.75 Å². The first-order chi connectivity index (χ1) is 9.88. The number of ether oxygens (including phenoxy) is 2. The molecule has 3 N–H and O–H groups in total. The lowest BCUT2D eigenvalue weighted by Crippen LogP contribution is -2.54. The highest BCUT2D eigenvalue weighted by molar-refractivity contribution is 14.0. The number of nitrogens with one attached hydrogen (secondary N) is 1. The van der Waals surface area contributed by atoms with E-state index in [1.54, 1.807) is 26.4 Å². The Morgan fingerprint density at radius 1 is 1.41 bits per heavy atom. The third-order valence-corrected chi connectivity index (χ3v) is 4.43. The van der Waals surface area contributed by atoms with Crippen LogP contribution in [0.1, 0.15) is 20.3 Å². The number of methoxy groups -OCH3 is 2. The molecule has 1 aromatic rings. The molecule has 22 heavy (non-hydrogen) atoms. The first-order valence-electron chi connectivity index (χ1n) is 6.85. The van der Waals surface area contributed by atoms with Crippen LogP contribution in [0, 0.1) is 5.41 Å². The van der Waals surface area contributed by atoms with E-state index >= 15 is 0 Å². The second kappa shape index (κ2) is 7.70. The van der Waals surface area contributed by atoms with Gasteiger partial charge in [-0.15, -0.1) is 24.0 Å². The van der Waals surface area contributed by atoms with Gasteiger partial charge in [0.05, 0.1) is 24.3 Å². The Morgan fingerprint density at radius 2 is 2.09 bits per heavy atom. The number of hydrogen-bond acceptors (Lipinski definition) is 3. The van der Waals surface area contributed by atoms with Crippen molar-refractivity contribution in [2.75, 3.05) is 19.5 Å². The molecule has 2 rings (SSSR count). The van der Waals surface area contributed by atoms with Crippen molar-refractivity contribution >= 4 is 47.2 Å². The fourth-order valence-corrected chi connectivity index (χ4v) is 2.83. The van der Waals surface area contributed by atoms with E-state index in [4.69, 9.17) is 26.8 Å². The average molecular weight is 440 g/mol. The number of nitrogens with two attached hydrogens (primary N) is 1. The third kappa shape index (κ3) is 3.97. The number of benzene rings is 1. The van der Waals surface area contributed by atoms with Crippen LogP contribution in [0.25, 0.3) is 0 Å². The lowest BCUT2D eigenvalue weighted by molar-refractivity contribution is -0.0850. The van der Waals surface area contributed by atoms with E-state index in [0.717, 1.165) is 12.1 Å². The Bertz CT molecular complexity index is 552. The van der Waals surface area contributed by atoms with Gasteiger partial charge in [-0.05, 0) is 24.6 Å². The van der Waals surface area contributed by atoms with E-state index in [1.807, 2.05) is 6.07 Å². The molecule has 0 amide bonds. The molecule has 7 heteroatoms. The van der Waals surface area contributed by atoms with Gasteiger partial charge in [0.15, 0.2) is 5.96 Å². The molecular weight excluding hydrogens is 417 g/mol. The first-order valence-corrected chi connectivity index (χ1v) is 7.23. The zero-order valence-electron chi connectivity index (χ0n) is 13.2. The SMILES string of the molecule is COc1ccc(NC(N)=NC2CC(OC)C2(C)C)cc1Cl.I. The maximum absolute atomic E-state index is 6.08. The molecule has 2 atom stereocenters. The summed E-state index contributed by atoms with van der Waals surface area (Å²) in [5, 5.41) is 3.58. The zero-order chi connectivity index (χ0) is 15.6. The molecular formula is C15H23ClIN3O2. The number of anilines is 1. The number of halogens is 2. The van der Waals surface area contributed by atoms with E-state index in [9.17, 15) is 0 Å². The zero-order valence-corrected chi connectivity index (χ0v) is 16.3. The van der Waals surface area contributed by atoms with Crippen molar-refractivity contribution in [3.05, 3.63) is 23.2 Å². The standard InChI is InChI=1S/C15H22ClN3O2.HI/c1-15(2)12(8-13(15)21-4)19-14(17)18-9-5-6-11(20-3)10(16)7-9;/h5-7,12-13H,8H2,1-4H3,(H3,17,18,19);1H. The van der Waals surface area contributed by atoms with E-state index in [1.165, 1.54) is 0 Å². The first kappa shape index (κ1) is 19.3. The van der Waals surface area contributed by atoms with Crippen LogP contribution in [0.2, 0.25) is 5.02 Å². The minimum Gasteiger partial charge on any atom is -0.495 e. The predicted octanol–water partition coefficient (Wildman–Crippen LogP) is 3.51. The molecule has 2 unspecified atom stereocenters. The van der Waals surface area contributed by atoms with Gasteiger partial charge in [-0.25, -0.2) is 4.99 Å². The summed E-state index contributed by atoms with van der Waals surface area (Å²) in [4.78, 5) is 4.53. The smallest absolute Gasteiger partial charge is 0.193 e. The van der Waals surface area contributed by atoms with Crippen LogP contribution in [0.4, 0.5) is 5.69 Å². The van der Waals surface area contributed by atoms with Gasteiger partial charge in [-0.3, -0.25) is 0 Å². The highest BCUT2D eigenvalue weighted by Crippen LogP contribution is 2.44. The average Bonchev–Trinajstić information content (AvgIpc) is 2.43. The van der Waals surface area contributed by atoms with E-state index < -0.39 is 0 Å². The van der Waals surface area contributed by atoms with E-state index in [-0.39, 0.29) is 41.5 Å². The van der Waals surface area contributed by atoms with Gasteiger partial charge in [0.25, 0.3) is 0 Å². The number of rotatable bonds is 4. The topological polar surface area (TPSA) is 68.9 Å². The van der Waals surface area contributed by atoms with Gasteiger partial charge in [0, 0.05) is 18.2 Å². The summed E-state index contributed by atoms with van der Waals surface area (Å²) in [5.41, 5.74) is 6.75. The maximum Gasteiger partial charge on any atom is 0.193 e. The van der Waals surface area contributed by atoms with Gasteiger partial charge >= 0.3 is 0 Å². The normalized spacial score (nSPS) is 23.2. The molecule has 1 aliphatic rings. The van der Waals surface area contributed by atoms with E-state index in [0.29, 0.717) is 16.7 Å². The fraction of sp³-hybridized carbons (Fsp3) is 0.533. The third-order valence-electron chi connectivity index (χ3n) is 4.13. The molecule has 124 valence electrons. The minimum atomic E-state index is -0.00139. The van der Waals surface area contributed by atoms with Crippen LogP contribution in [0.3, 0.4) is 0 Å². The quantitative estimate of drug-likeness (QED) is 0.428. The monoisotopic (exact) mass is 439 g/mol. The molecule has 0 heterocycles. The lowest BCUT2D eigenvalue weighted by atomic mass is 9.65. The Hall–Kier alpha value is -0.730. The molecule has 1 aromatic carbocycles. The van der Waals surface area contributed by atoms with Crippen LogP contribution < -0.4 is 15.8 Å². The lowest BCUT2D eigenvalue weighted by Gasteiger charge is -2.48. The molecule has 0 aliphatic heterocycles. The van der Waals surface area contributed by atoms with Gasteiger partial charge in [-0.1, -0.05) is 25.4 Å². The van der Waals surface area contributed by atoms with E-state index in [2.05, 4.69) is 24.2 Å². The summed E-state index contributed by atoms with van der Waals surface area (Å²) in [6, 6.07) is 5.54. The van der Waals surface area contributed by atoms with Gasteiger partial charge < -0.3 is 20.5 Å². The molecule has 0 saturated heterocycles. The molecule has 1 aliphatic carbocycles. The minimum absolute atomic E-state index is 0. The van der Waals surface area contributed by atoms with Crippen molar-refractivity contribution in [1.82, 2.24) is 0 Å². The van der Waals surface area contributed by atoms with Crippen molar-refractivity contribution < 1.29 is 9.47 Å². The van der Waals surface area contributed by atoms with Gasteiger partial charge in [0.1, 0.15) is 5.75 Å². The second-order valence-electron chi connectivity index (χ2n) is 5.79. The Morgan fingerprint density at radius 3 is 2.59 bits per heavy atom. The summed E-state index contributed by atoms with van der Waals surface area (Å²) >= 11 is 6.08. The summed E-state index contributed by atoms with van der Waals surface area (Å²) in [7, 11) is 3.31. The van der Waals surface area contributed by atoms with Crippen LogP contribution in [-0.4, -0.2) is 32.3 Å². The van der Waals surface area contributed by atoms with Crippen LogP contribution in [-0.2, 0) is 4.74 Å². The molecule has 1 saturated carbocycles. The number of nitrogens with zero attached hydrogens (tertiary/aromatic N) is 1. The van der Waals surface area contributed by atoms with Crippen molar-refractivity contribution in [2.24, 2.45) is 16.1 Å². The van der Waals surface area contributed by atoms with Gasteiger partial charge in [-0.2, -0.15) is 0 Å². The molecule has 0 spiro atoms. The highest BCUT2D eigenvalue weighted by atomic mass is 127. The summed E-state index contributed by atoms with van der Waals surface area (Å²) < 4.78 is 10.5. The molecule has 0 radical (unpaired) electrons.